The highest BCUT2D eigenvalue weighted by Gasteiger charge is 2.29. The number of fused-ring (bicyclic) bond motifs is 1. The maximum Gasteiger partial charge on any atom is 0.242 e. The number of hydrogen-bond donors (Lipinski definition) is 3. The Morgan fingerprint density at radius 1 is 1.38 bits per heavy atom. The predicted molar refractivity (Wildman–Crippen MR) is 81.5 cm³/mol. The zero-order chi connectivity index (χ0) is 15.0. The summed E-state index contributed by atoms with van der Waals surface area (Å²) in [6.45, 7) is 0. The van der Waals surface area contributed by atoms with E-state index in [9.17, 15) is 8.42 Å². The Morgan fingerprint density at radius 3 is 2.90 bits per heavy atom. The lowest BCUT2D eigenvalue weighted by Crippen LogP contribution is -2.33. The van der Waals surface area contributed by atoms with Crippen LogP contribution in [0, 0.1) is 0 Å². The molecule has 1 saturated carbocycles. The Kier molecular flexibility index (Phi) is 3.64. The highest BCUT2D eigenvalue weighted by Crippen LogP contribution is 2.27. The van der Waals surface area contributed by atoms with Gasteiger partial charge in [-0.3, -0.25) is 0 Å². The summed E-state index contributed by atoms with van der Waals surface area (Å²) in [7, 11) is -1.91. The highest BCUT2D eigenvalue weighted by molar-refractivity contribution is 7.89. The van der Waals surface area contributed by atoms with Gasteiger partial charge in [0.15, 0.2) is 0 Å². The van der Waals surface area contributed by atoms with E-state index in [2.05, 4.69) is 9.71 Å². The normalized spacial score (nSPS) is 22.9. The number of H-pyrrole nitrogens is 1. The van der Waals surface area contributed by atoms with Crippen molar-refractivity contribution in [3.05, 3.63) is 24.4 Å². The molecule has 2 atom stereocenters. The van der Waals surface area contributed by atoms with Gasteiger partial charge >= 0.3 is 0 Å². The number of ether oxygens (including phenoxy) is 1. The number of rotatable bonds is 4. The van der Waals surface area contributed by atoms with Crippen molar-refractivity contribution in [3.8, 4) is 0 Å². The summed E-state index contributed by atoms with van der Waals surface area (Å²) in [6, 6.07) is 5.11. The second kappa shape index (κ2) is 5.32. The highest BCUT2D eigenvalue weighted by atomic mass is 32.2. The molecule has 2 unspecified atom stereocenters. The molecular formula is C14H19N3O3S. The summed E-state index contributed by atoms with van der Waals surface area (Å²) in [5, 5.41) is 0.615. The SMILES string of the molecule is COC1CCC(NS(=O)(=O)c2c[nH]c3ccc(N)cc23)C1. The van der Waals surface area contributed by atoms with E-state index in [1.54, 1.807) is 25.3 Å². The van der Waals surface area contributed by atoms with Gasteiger partial charge in [-0.25, -0.2) is 13.1 Å². The Bertz CT molecular complexity index is 754. The number of nitrogen functional groups attached to an aromatic ring is 1. The standard InChI is InChI=1S/C14H19N3O3S/c1-20-11-4-3-10(7-11)17-21(18,19)14-8-16-13-5-2-9(15)6-12(13)14/h2,5-6,8,10-11,16-17H,3-4,7,15H2,1H3. The first-order chi connectivity index (χ1) is 9.99. The van der Waals surface area contributed by atoms with E-state index >= 15 is 0 Å². The lowest BCUT2D eigenvalue weighted by Gasteiger charge is -2.13. The molecule has 1 fully saturated rings. The van der Waals surface area contributed by atoms with Gasteiger partial charge < -0.3 is 15.5 Å². The van der Waals surface area contributed by atoms with Crippen LogP contribution >= 0.6 is 0 Å². The minimum atomic E-state index is -3.57. The monoisotopic (exact) mass is 309 g/mol. The first-order valence-electron chi connectivity index (χ1n) is 6.91. The van der Waals surface area contributed by atoms with Crippen molar-refractivity contribution in [2.75, 3.05) is 12.8 Å². The number of methoxy groups -OCH3 is 1. The number of benzene rings is 1. The van der Waals surface area contributed by atoms with Crippen molar-refractivity contribution in [1.82, 2.24) is 9.71 Å². The summed E-state index contributed by atoms with van der Waals surface area (Å²) in [5.74, 6) is 0. The first kappa shape index (κ1) is 14.4. The summed E-state index contributed by atoms with van der Waals surface area (Å²) in [6.07, 6.45) is 4.03. The molecule has 6 nitrogen and oxygen atoms in total. The molecule has 1 aliphatic carbocycles. The van der Waals surface area contributed by atoms with Crippen LogP contribution in [-0.4, -0.2) is 32.7 Å². The van der Waals surface area contributed by atoms with E-state index in [0.717, 1.165) is 18.4 Å². The van der Waals surface area contributed by atoms with Crippen molar-refractivity contribution in [2.45, 2.75) is 36.3 Å². The quantitative estimate of drug-likeness (QED) is 0.747. The van der Waals surface area contributed by atoms with Crippen molar-refractivity contribution < 1.29 is 13.2 Å². The molecule has 7 heteroatoms. The molecule has 0 radical (unpaired) electrons. The molecule has 1 aromatic carbocycles. The third-order valence-corrected chi connectivity index (χ3v) is 5.56. The molecule has 2 aromatic rings. The third kappa shape index (κ3) is 2.76. The van der Waals surface area contributed by atoms with Crippen LogP contribution in [0.3, 0.4) is 0 Å². The fourth-order valence-corrected chi connectivity index (χ4v) is 4.33. The number of nitrogens with one attached hydrogen (secondary N) is 2. The zero-order valence-corrected chi connectivity index (χ0v) is 12.6. The van der Waals surface area contributed by atoms with Crippen LogP contribution in [0.2, 0.25) is 0 Å². The van der Waals surface area contributed by atoms with Gasteiger partial charge in [-0.05, 0) is 37.5 Å². The fraction of sp³-hybridized carbons (Fsp3) is 0.429. The zero-order valence-electron chi connectivity index (χ0n) is 11.8. The lowest BCUT2D eigenvalue weighted by molar-refractivity contribution is 0.107. The van der Waals surface area contributed by atoms with Gasteiger partial charge in [-0.1, -0.05) is 0 Å². The Hall–Kier alpha value is -1.57. The topological polar surface area (TPSA) is 97.2 Å². The van der Waals surface area contributed by atoms with Crippen LogP contribution in [0.25, 0.3) is 10.9 Å². The summed E-state index contributed by atoms with van der Waals surface area (Å²) < 4.78 is 33.2. The van der Waals surface area contributed by atoms with Crippen LogP contribution in [-0.2, 0) is 14.8 Å². The maximum atomic E-state index is 12.6. The Labute approximate surface area is 123 Å². The van der Waals surface area contributed by atoms with Crippen molar-refractivity contribution in [1.29, 1.82) is 0 Å². The summed E-state index contributed by atoms with van der Waals surface area (Å²) in [5.41, 5.74) is 7.05. The van der Waals surface area contributed by atoms with Gasteiger partial charge in [-0.15, -0.1) is 0 Å². The fourth-order valence-electron chi connectivity index (χ4n) is 2.88. The van der Waals surface area contributed by atoms with Crippen LogP contribution < -0.4 is 10.5 Å². The summed E-state index contributed by atoms with van der Waals surface area (Å²) in [4.78, 5) is 3.21. The van der Waals surface area contributed by atoms with E-state index in [0.29, 0.717) is 17.5 Å². The Balaban J connectivity index is 1.88. The molecule has 1 heterocycles. The molecule has 3 rings (SSSR count). The van der Waals surface area contributed by atoms with E-state index in [1.165, 1.54) is 6.20 Å². The summed E-state index contributed by atoms with van der Waals surface area (Å²) >= 11 is 0. The molecule has 1 aromatic heterocycles. The van der Waals surface area contributed by atoms with Crippen molar-refractivity contribution in [3.63, 3.8) is 0 Å². The maximum absolute atomic E-state index is 12.6. The minimum absolute atomic E-state index is 0.0778. The van der Waals surface area contributed by atoms with Crippen LogP contribution in [0.4, 0.5) is 5.69 Å². The number of sulfonamides is 1. The number of aromatic amines is 1. The molecule has 0 bridgehead atoms. The van der Waals surface area contributed by atoms with E-state index in [1.807, 2.05) is 0 Å². The van der Waals surface area contributed by atoms with Crippen molar-refractivity contribution >= 4 is 26.6 Å². The number of hydrogen-bond acceptors (Lipinski definition) is 4. The third-order valence-electron chi connectivity index (χ3n) is 4.00. The average molecular weight is 309 g/mol. The molecule has 0 amide bonds. The van der Waals surface area contributed by atoms with Crippen LogP contribution in [0.5, 0.6) is 0 Å². The van der Waals surface area contributed by atoms with Crippen LogP contribution in [0.1, 0.15) is 19.3 Å². The lowest BCUT2D eigenvalue weighted by atomic mass is 10.2. The molecule has 21 heavy (non-hydrogen) atoms. The number of nitrogens with two attached hydrogens (primary N) is 1. The van der Waals surface area contributed by atoms with Gasteiger partial charge in [0.2, 0.25) is 10.0 Å². The molecule has 0 saturated heterocycles. The molecular weight excluding hydrogens is 290 g/mol. The first-order valence-corrected chi connectivity index (χ1v) is 8.39. The average Bonchev–Trinajstić information content (AvgIpc) is 3.04. The second-order valence-corrected chi connectivity index (χ2v) is 7.13. The molecule has 1 aliphatic rings. The molecule has 0 aliphatic heterocycles. The van der Waals surface area contributed by atoms with Gasteiger partial charge in [0.05, 0.1) is 6.10 Å². The van der Waals surface area contributed by atoms with Gasteiger partial charge in [0, 0.05) is 35.9 Å². The molecule has 4 N–H and O–H groups in total. The van der Waals surface area contributed by atoms with E-state index < -0.39 is 10.0 Å². The number of aromatic nitrogens is 1. The van der Waals surface area contributed by atoms with E-state index in [-0.39, 0.29) is 17.0 Å². The minimum Gasteiger partial charge on any atom is -0.399 e. The van der Waals surface area contributed by atoms with Gasteiger partial charge in [0.1, 0.15) is 4.90 Å². The largest absolute Gasteiger partial charge is 0.399 e. The second-order valence-electron chi connectivity index (χ2n) is 5.45. The molecule has 114 valence electrons. The van der Waals surface area contributed by atoms with Crippen LogP contribution in [0.15, 0.2) is 29.3 Å². The Morgan fingerprint density at radius 2 is 2.19 bits per heavy atom. The smallest absolute Gasteiger partial charge is 0.242 e. The number of anilines is 1. The van der Waals surface area contributed by atoms with Gasteiger partial charge in [0.25, 0.3) is 0 Å². The van der Waals surface area contributed by atoms with Crippen molar-refractivity contribution in [2.24, 2.45) is 0 Å². The molecule has 0 spiro atoms. The van der Waals surface area contributed by atoms with E-state index in [4.69, 9.17) is 10.5 Å². The van der Waals surface area contributed by atoms with Gasteiger partial charge in [-0.2, -0.15) is 0 Å². The predicted octanol–water partition coefficient (Wildman–Crippen LogP) is 1.60.